The van der Waals surface area contributed by atoms with Gasteiger partial charge in [0.25, 0.3) is 0 Å². The molecule has 35 heavy (non-hydrogen) atoms. The average Bonchev–Trinajstić information content (AvgIpc) is 3.06. The molecule has 0 aromatic heterocycles. The summed E-state index contributed by atoms with van der Waals surface area (Å²) in [6.07, 6.45) is -0.678. The highest BCUT2D eigenvalue weighted by Crippen LogP contribution is 2.32. The molecule has 0 bridgehead atoms. The van der Waals surface area contributed by atoms with Gasteiger partial charge in [-0.15, -0.1) is 0 Å². The molecule has 2 amide bonds. The second-order valence-corrected chi connectivity index (χ2v) is 10.8. The van der Waals surface area contributed by atoms with Gasteiger partial charge in [0.05, 0.1) is 11.0 Å². The van der Waals surface area contributed by atoms with Crippen molar-refractivity contribution in [1.29, 1.82) is 5.26 Å². The number of hydrogen-bond acceptors (Lipinski definition) is 6. The van der Waals surface area contributed by atoms with E-state index in [4.69, 9.17) is 4.74 Å². The lowest BCUT2D eigenvalue weighted by molar-refractivity contribution is -0.131. The second-order valence-electron chi connectivity index (χ2n) is 8.76. The first-order chi connectivity index (χ1) is 16.6. The normalized spacial score (nSPS) is 19.2. The van der Waals surface area contributed by atoms with Crippen LogP contribution in [-0.4, -0.2) is 61.7 Å². The van der Waals surface area contributed by atoms with E-state index in [1.807, 2.05) is 30.3 Å². The fourth-order valence-electron chi connectivity index (χ4n) is 4.45. The number of benzene rings is 2. The lowest BCUT2D eigenvalue weighted by Gasteiger charge is -2.36. The number of carboxylic acid groups (broad SMARTS) is 1. The van der Waals surface area contributed by atoms with E-state index in [9.17, 15) is 28.4 Å². The number of rotatable bonds is 6. The smallest absolute Gasteiger partial charge is 0.405 e. The van der Waals surface area contributed by atoms with Crippen LogP contribution in [0.5, 0.6) is 0 Å². The number of carbonyl (C=O) groups is 2. The average molecular weight is 499 g/mol. The first-order valence-electron chi connectivity index (χ1n) is 11.1. The maximum atomic E-state index is 12.9. The Hall–Kier alpha value is -3.46. The third-order valence-electron chi connectivity index (χ3n) is 6.46. The number of ether oxygens (including phenoxy) is 1. The molecule has 184 valence electrons. The minimum absolute atomic E-state index is 0.190. The number of sulfonamides is 1. The number of nitriles is 1. The molecule has 1 saturated heterocycles. The third kappa shape index (κ3) is 5.00. The van der Waals surface area contributed by atoms with Crippen LogP contribution in [0.4, 0.5) is 4.79 Å². The monoisotopic (exact) mass is 498 g/mol. The summed E-state index contributed by atoms with van der Waals surface area (Å²) < 4.78 is 31.2. The van der Waals surface area contributed by atoms with Crippen molar-refractivity contribution >= 4 is 22.0 Å². The number of nitrogens with one attached hydrogen (secondary N) is 2. The molecule has 2 aromatic rings. The van der Waals surface area contributed by atoms with Crippen LogP contribution in [0.1, 0.15) is 24.0 Å². The Kier molecular flexibility index (Phi) is 6.80. The summed E-state index contributed by atoms with van der Waals surface area (Å²) in [6.45, 7) is 0.825. The van der Waals surface area contributed by atoms with E-state index >= 15 is 0 Å². The number of carbonyl (C=O) groups excluding carboxylic acids is 1. The summed E-state index contributed by atoms with van der Waals surface area (Å²) in [7, 11) is -1.86. The molecule has 1 fully saturated rings. The van der Waals surface area contributed by atoms with Crippen LogP contribution in [-0.2, 0) is 32.5 Å². The van der Waals surface area contributed by atoms with E-state index in [1.165, 1.54) is 4.31 Å². The molecule has 0 aliphatic carbocycles. The van der Waals surface area contributed by atoms with Crippen LogP contribution in [0.2, 0.25) is 0 Å². The molecule has 10 nitrogen and oxygen atoms in total. The van der Waals surface area contributed by atoms with Gasteiger partial charge in [-0.25, -0.2) is 13.2 Å². The highest BCUT2D eigenvalue weighted by molar-refractivity contribution is 7.89. The molecular formula is C24H26N4O6S. The first-order valence-corrected chi connectivity index (χ1v) is 12.6. The number of nitrogens with zero attached hydrogens (tertiary/aromatic N) is 2. The molecule has 1 unspecified atom stereocenters. The Bertz CT molecular complexity index is 1280. The molecule has 0 radical (unpaired) electrons. The highest BCUT2D eigenvalue weighted by Gasteiger charge is 2.42. The van der Waals surface area contributed by atoms with Crippen molar-refractivity contribution in [1.82, 2.24) is 14.9 Å². The molecule has 1 atom stereocenters. The summed E-state index contributed by atoms with van der Waals surface area (Å²) >= 11 is 0. The van der Waals surface area contributed by atoms with Gasteiger partial charge < -0.3 is 20.5 Å². The fourth-order valence-corrected chi connectivity index (χ4v) is 5.79. The fraction of sp³-hybridized carbons (Fsp3) is 0.375. The topological polar surface area (TPSA) is 149 Å². The molecule has 4 rings (SSSR count). The minimum atomic E-state index is -3.41. The summed E-state index contributed by atoms with van der Waals surface area (Å²) in [5.74, 6) is -0.538. The molecule has 11 heteroatoms. The van der Waals surface area contributed by atoms with Gasteiger partial charge in [-0.2, -0.15) is 9.57 Å². The van der Waals surface area contributed by atoms with E-state index in [0.717, 1.165) is 22.3 Å². The van der Waals surface area contributed by atoms with Gasteiger partial charge in [0.1, 0.15) is 11.6 Å². The first kappa shape index (κ1) is 24.7. The Morgan fingerprint density at radius 3 is 2.46 bits per heavy atom. The maximum absolute atomic E-state index is 12.9. The second kappa shape index (κ2) is 9.65. The lowest BCUT2D eigenvalue weighted by Crippen LogP contribution is -2.62. The van der Waals surface area contributed by atoms with Crippen LogP contribution < -0.4 is 10.6 Å². The van der Waals surface area contributed by atoms with Gasteiger partial charge in [0.15, 0.2) is 0 Å². The Morgan fingerprint density at radius 1 is 1.17 bits per heavy atom. The zero-order chi connectivity index (χ0) is 25.2. The number of hydrogen-bond donors (Lipinski definition) is 3. The Labute approximate surface area is 203 Å². The zero-order valence-corrected chi connectivity index (χ0v) is 20.0. The van der Waals surface area contributed by atoms with Crippen LogP contribution in [0.3, 0.4) is 0 Å². The quantitative estimate of drug-likeness (QED) is 0.550. The predicted molar refractivity (Wildman–Crippen MR) is 126 cm³/mol. The molecule has 2 heterocycles. The van der Waals surface area contributed by atoms with Gasteiger partial charge >= 0.3 is 6.09 Å². The highest BCUT2D eigenvalue weighted by atomic mass is 32.2. The standard InChI is InChI=1S/C24H26N4O6S/c1-28-15-19-13-18(6-7-21(19)35(28,32)33)17-4-2-16(3-5-17)12-20(14-25)26-22(29)24(27-23(30)31)8-10-34-11-9-24/h2-7,13,20,27H,8-12,15H2,1H3,(H,26,29)(H,30,31). The van der Waals surface area contributed by atoms with Crippen molar-refractivity contribution in [2.24, 2.45) is 0 Å². The van der Waals surface area contributed by atoms with Gasteiger partial charge in [-0.1, -0.05) is 30.3 Å². The van der Waals surface area contributed by atoms with Gasteiger partial charge in [0.2, 0.25) is 15.9 Å². The lowest BCUT2D eigenvalue weighted by atomic mass is 9.88. The van der Waals surface area contributed by atoms with Crippen molar-refractivity contribution in [3.63, 3.8) is 0 Å². The van der Waals surface area contributed by atoms with Crippen LogP contribution in [0.15, 0.2) is 47.4 Å². The largest absolute Gasteiger partial charge is 0.465 e. The van der Waals surface area contributed by atoms with Gasteiger partial charge in [-0.05, 0) is 34.4 Å². The van der Waals surface area contributed by atoms with Crippen LogP contribution >= 0.6 is 0 Å². The van der Waals surface area contributed by atoms with Crippen LogP contribution in [0, 0.1) is 11.3 Å². The SMILES string of the molecule is CN1Cc2cc(-c3ccc(CC(C#N)NC(=O)C4(NC(=O)O)CCOCC4)cc3)ccc2S1(=O)=O. The third-order valence-corrected chi connectivity index (χ3v) is 8.36. The number of fused-ring (bicyclic) bond motifs is 1. The Morgan fingerprint density at radius 2 is 1.83 bits per heavy atom. The molecular weight excluding hydrogens is 472 g/mol. The van der Waals surface area contributed by atoms with Crippen molar-refractivity contribution in [2.45, 2.75) is 42.3 Å². The molecule has 3 N–H and O–H groups in total. The van der Waals surface area contributed by atoms with E-state index in [1.54, 1.807) is 19.2 Å². The minimum Gasteiger partial charge on any atom is -0.465 e. The van der Waals surface area contributed by atoms with E-state index in [2.05, 4.69) is 16.7 Å². The summed E-state index contributed by atoms with van der Waals surface area (Å²) in [5, 5.41) is 23.8. The summed E-state index contributed by atoms with van der Waals surface area (Å²) in [5.41, 5.74) is 2.02. The summed E-state index contributed by atoms with van der Waals surface area (Å²) in [4.78, 5) is 24.5. The van der Waals surface area contributed by atoms with Gasteiger partial charge in [0, 0.05) is 46.1 Å². The number of amides is 2. The molecule has 2 aliphatic rings. The van der Waals surface area contributed by atoms with E-state index in [0.29, 0.717) is 11.4 Å². The Balaban J connectivity index is 1.45. The maximum Gasteiger partial charge on any atom is 0.405 e. The van der Waals surface area contributed by atoms with Crippen LogP contribution in [0.25, 0.3) is 11.1 Å². The molecule has 2 aromatic carbocycles. The predicted octanol–water partition coefficient (Wildman–Crippen LogP) is 1.86. The van der Waals surface area contributed by atoms with Crippen molar-refractivity contribution in [3.05, 3.63) is 53.6 Å². The van der Waals surface area contributed by atoms with E-state index in [-0.39, 0.29) is 32.5 Å². The molecule has 2 aliphatic heterocycles. The van der Waals surface area contributed by atoms with Gasteiger partial charge in [-0.3, -0.25) is 4.79 Å². The summed E-state index contributed by atoms with van der Waals surface area (Å²) in [6, 6.07) is 14.0. The molecule has 0 saturated carbocycles. The zero-order valence-electron chi connectivity index (χ0n) is 19.2. The van der Waals surface area contributed by atoms with E-state index < -0.39 is 33.6 Å². The van der Waals surface area contributed by atoms with Crippen molar-refractivity contribution < 1.29 is 27.9 Å². The molecule has 0 spiro atoms. The van der Waals surface area contributed by atoms with Crippen molar-refractivity contribution in [2.75, 3.05) is 20.3 Å². The van der Waals surface area contributed by atoms with Crippen molar-refractivity contribution in [3.8, 4) is 17.2 Å².